The molecule has 3 aromatic rings. The number of imidazole rings is 1. The first kappa shape index (κ1) is 17.2. The van der Waals surface area contributed by atoms with Crippen molar-refractivity contribution in [2.75, 3.05) is 20.1 Å². The van der Waals surface area contributed by atoms with Crippen LogP contribution in [-0.2, 0) is 6.54 Å². The van der Waals surface area contributed by atoms with Gasteiger partial charge in [0.2, 0.25) is 13.6 Å². The van der Waals surface area contributed by atoms with E-state index in [0.29, 0.717) is 41.7 Å². The SMILES string of the molecule is O=C1c2cc3c(cc2C(c2ccc4c(c2)OCO4)NN1CCn1ccnc1)OCO3. The minimum Gasteiger partial charge on any atom is -0.454 e. The van der Waals surface area contributed by atoms with Gasteiger partial charge in [-0.15, -0.1) is 0 Å². The molecule has 0 saturated heterocycles. The molecule has 3 aliphatic heterocycles. The Morgan fingerprint density at radius 3 is 2.53 bits per heavy atom. The van der Waals surface area contributed by atoms with Crippen LogP contribution in [0.15, 0.2) is 49.1 Å². The molecule has 0 aliphatic carbocycles. The van der Waals surface area contributed by atoms with Crippen molar-refractivity contribution in [2.24, 2.45) is 0 Å². The van der Waals surface area contributed by atoms with Crippen LogP contribution in [-0.4, -0.2) is 40.6 Å². The van der Waals surface area contributed by atoms with Crippen LogP contribution >= 0.6 is 0 Å². The summed E-state index contributed by atoms with van der Waals surface area (Å²) in [5.74, 6) is 2.52. The quantitative estimate of drug-likeness (QED) is 0.710. The molecule has 9 nitrogen and oxygen atoms in total. The summed E-state index contributed by atoms with van der Waals surface area (Å²) in [5.41, 5.74) is 5.76. The molecule has 9 heteroatoms. The van der Waals surface area contributed by atoms with E-state index < -0.39 is 0 Å². The zero-order valence-electron chi connectivity index (χ0n) is 15.9. The Morgan fingerprint density at radius 1 is 0.967 bits per heavy atom. The molecule has 30 heavy (non-hydrogen) atoms. The summed E-state index contributed by atoms with van der Waals surface area (Å²) < 4.78 is 24.0. The number of hydrogen-bond acceptors (Lipinski definition) is 7. The van der Waals surface area contributed by atoms with Crippen molar-refractivity contribution in [3.63, 3.8) is 0 Å². The summed E-state index contributed by atoms with van der Waals surface area (Å²) in [5, 5.41) is 1.64. The van der Waals surface area contributed by atoms with E-state index in [9.17, 15) is 4.79 Å². The van der Waals surface area contributed by atoms with Crippen molar-refractivity contribution in [2.45, 2.75) is 12.6 Å². The maximum Gasteiger partial charge on any atom is 0.268 e. The number of hydrogen-bond donors (Lipinski definition) is 1. The van der Waals surface area contributed by atoms with E-state index in [4.69, 9.17) is 18.9 Å². The summed E-state index contributed by atoms with van der Waals surface area (Å²) in [6.45, 7) is 1.46. The standard InChI is InChI=1S/C21H18N4O5/c26-21-15-9-19-18(29-12-30-19)8-14(15)20(13-1-2-16-17(7-13)28-11-27-16)23-25(21)6-5-24-4-3-22-10-24/h1-4,7-10,20,23H,5-6,11-12H2. The van der Waals surface area contributed by atoms with Gasteiger partial charge in [0, 0.05) is 18.9 Å². The molecule has 0 radical (unpaired) electrons. The van der Waals surface area contributed by atoms with Crippen LogP contribution in [0.1, 0.15) is 27.5 Å². The molecule has 1 amide bonds. The zero-order valence-corrected chi connectivity index (χ0v) is 15.9. The van der Waals surface area contributed by atoms with Gasteiger partial charge in [-0.05, 0) is 35.4 Å². The van der Waals surface area contributed by atoms with Crippen molar-refractivity contribution in [1.82, 2.24) is 20.0 Å². The third-order valence-electron chi connectivity index (χ3n) is 5.49. The Kier molecular flexibility index (Phi) is 3.81. The van der Waals surface area contributed by atoms with Crippen molar-refractivity contribution < 1.29 is 23.7 Å². The smallest absolute Gasteiger partial charge is 0.268 e. The van der Waals surface area contributed by atoms with Gasteiger partial charge in [0.1, 0.15) is 0 Å². The number of carbonyl (C=O) groups is 1. The zero-order chi connectivity index (χ0) is 20.1. The fraction of sp³-hybridized carbons (Fsp3) is 0.238. The van der Waals surface area contributed by atoms with E-state index in [0.717, 1.165) is 11.1 Å². The Bertz CT molecular complexity index is 1130. The number of rotatable bonds is 4. The Labute approximate surface area is 171 Å². The summed E-state index contributed by atoms with van der Waals surface area (Å²) in [6.07, 6.45) is 5.32. The van der Waals surface area contributed by atoms with Crippen molar-refractivity contribution in [3.8, 4) is 23.0 Å². The summed E-state index contributed by atoms with van der Waals surface area (Å²) in [6, 6.07) is 9.19. The van der Waals surface area contributed by atoms with Gasteiger partial charge < -0.3 is 23.5 Å². The molecule has 152 valence electrons. The third-order valence-corrected chi connectivity index (χ3v) is 5.49. The van der Waals surface area contributed by atoms with E-state index >= 15 is 0 Å². The fourth-order valence-electron chi connectivity index (χ4n) is 3.96. The Hall–Kier alpha value is -3.72. The second kappa shape index (κ2) is 6.67. The van der Waals surface area contributed by atoms with Crippen LogP contribution in [0.3, 0.4) is 0 Å². The number of fused-ring (bicyclic) bond motifs is 3. The highest BCUT2D eigenvalue weighted by Crippen LogP contribution is 2.42. The maximum atomic E-state index is 13.2. The van der Waals surface area contributed by atoms with Crippen molar-refractivity contribution >= 4 is 5.91 Å². The number of nitrogens with one attached hydrogen (secondary N) is 1. The highest BCUT2D eigenvalue weighted by atomic mass is 16.7. The largest absolute Gasteiger partial charge is 0.454 e. The molecule has 2 aromatic carbocycles. The second-order valence-electron chi connectivity index (χ2n) is 7.22. The predicted molar refractivity (Wildman–Crippen MR) is 103 cm³/mol. The molecule has 0 fully saturated rings. The molecule has 1 aromatic heterocycles. The Morgan fingerprint density at radius 2 is 1.73 bits per heavy atom. The number of carbonyl (C=O) groups excluding carboxylic acids is 1. The van der Waals surface area contributed by atoms with Gasteiger partial charge in [-0.1, -0.05) is 6.07 Å². The molecular weight excluding hydrogens is 388 g/mol. The van der Waals surface area contributed by atoms with Gasteiger partial charge >= 0.3 is 0 Å². The first-order chi connectivity index (χ1) is 14.8. The summed E-state index contributed by atoms with van der Waals surface area (Å²) >= 11 is 0. The maximum absolute atomic E-state index is 13.2. The molecule has 6 rings (SSSR count). The van der Waals surface area contributed by atoms with E-state index in [1.165, 1.54) is 0 Å². The summed E-state index contributed by atoms with van der Waals surface area (Å²) in [4.78, 5) is 17.3. The van der Waals surface area contributed by atoms with Crippen LogP contribution in [0.25, 0.3) is 0 Å². The normalized spacial score (nSPS) is 18.6. The monoisotopic (exact) mass is 406 g/mol. The topological polar surface area (TPSA) is 87.1 Å². The average molecular weight is 406 g/mol. The molecule has 0 saturated carbocycles. The Balaban J connectivity index is 1.40. The first-order valence-electron chi connectivity index (χ1n) is 9.63. The predicted octanol–water partition coefficient (Wildman–Crippen LogP) is 2.09. The lowest BCUT2D eigenvalue weighted by Gasteiger charge is -2.36. The molecule has 1 N–H and O–H groups in total. The lowest BCUT2D eigenvalue weighted by Crippen LogP contribution is -2.50. The number of hydrazine groups is 1. The highest BCUT2D eigenvalue weighted by Gasteiger charge is 2.35. The van der Waals surface area contributed by atoms with Crippen molar-refractivity contribution in [3.05, 3.63) is 65.7 Å². The van der Waals surface area contributed by atoms with E-state index in [1.807, 2.05) is 35.0 Å². The molecular formula is C21H18N4O5. The minimum absolute atomic E-state index is 0.111. The molecule has 4 heterocycles. The minimum atomic E-state index is -0.260. The summed E-state index contributed by atoms with van der Waals surface area (Å²) in [7, 11) is 0. The number of benzene rings is 2. The van der Waals surface area contributed by atoms with Gasteiger partial charge in [-0.2, -0.15) is 0 Å². The lowest BCUT2D eigenvalue weighted by atomic mass is 9.91. The van der Waals surface area contributed by atoms with Gasteiger partial charge in [-0.25, -0.2) is 10.4 Å². The number of ether oxygens (including phenoxy) is 4. The van der Waals surface area contributed by atoms with Crippen LogP contribution in [0.5, 0.6) is 23.0 Å². The average Bonchev–Trinajstić information content (AvgIpc) is 3.52. The van der Waals surface area contributed by atoms with Crippen LogP contribution in [0.2, 0.25) is 0 Å². The van der Waals surface area contributed by atoms with Crippen LogP contribution in [0.4, 0.5) is 0 Å². The highest BCUT2D eigenvalue weighted by molar-refractivity contribution is 5.97. The van der Waals surface area contributed by atoms with Gasteiger partial charge in [0.05, 0.1) is 24.5 Å². The number of aromatic nitrogens is 2. The first-order valence-corrected chi connectivity index (χ1v) is 9.63. The second-order valence-corrected chi connectivity index (χ2v) is 7.22. The molecule has 1 unspecified atom stereocenters. The fourth-order valence-corrected chi connectivity index (χ4v) is 3.96. The molecule has 0 spiro atoms. The van der Waals surface area contributed by atoms with E-state index in [1.54, 1.807) is 23.6 Å². The lowest BCUT2D eigenvalue weighted by molar-refractivity contribution is 0.0587. The molecule has 3 aliphatic rings. The van der Waals surface area contributed by atoms with E-state index in [-0.39, 0.29) is 25.5 Å². The van der Waals surface area contributed by atoms with Crippen LogP contribution < -0.4 is 24.4 Å². The number of amides is 1. The van der Waals surface area contributed by atoms with Gasteiger partial charge in [-0.3, -0.25) is 9.80 Å². The number of nitrogens with zero attached hydrogens (tertiary/aromatic N) is 3. The van der Waals surface area contributed by atoms with Crippen molar-refractivity contribution in [1.29, 1.82) is 0 Å². The van der Waals surface area contributed by atoms with Crippen LogP contribution in [0, 0.1) is 0 Å². The van der Waals surface area contributed by atoms with Gasteiger partial charge in [0.15, 0.2) is 23.0 Å². The molecule has 1 atom stereocenters. The molecule has 0 bridgehead atoms. The van der Waals surface area contributed by atoms with E-state index in [2.05, 4.69) is 10.4 Å². The third kappa shape index (κ3) is 2.74. The van der Waals surface area contributed by atoms with Gasteiger partial charge in [0.25, 0.3) is 5.91 Å².